The van der Waals surface area contributed by atoms with Crippen molar-refractivity contribution in [3.63, 3.8) is 0 Å². The lowest BCUT2D eigenvalue weighted by atomic mass is 10.4. The highest BCUT2D eigenvalue weighted by molar-refractivity contribution is 7.67. The van der Waals surface area contributed by atoms with Gasteiger partial charge in [-0.1, -0.05) is 6.07 Å². The second-order valence-corrected chi connectivity index (χ2v) is 5.94. The standard InChI is InChI=1S/C10H15N2O4P/c1-2-16-17(15,8(11)7-10(13)14)9-5-3-4-6-12-9/h3-6,8H,2,7,11H2,1H3,(H,13,14). The summed E-state index contributed by atoms with van der Waals surface area (Å²) >= 11 is 0. The molecule has 0 spiro atoms. The smallest absolute Gasteiger partial charge is 0.305 e. The third-order valence-corrected chi connectivity index (χ3v) is 4.71. The van der Waals surface area contributed by atoms with E-state index >= 15 is 0 Å². The van der Waals surface area contributed by atoms with Crippen molar-refractivity contribution in [3.05, 3.63) is 24.4 Å². The van der Waals surface area contributed by atoms with Gasteiger partial charge >= 0.3 is 5.97 Å². The van der Waals surface area contributed by atoms with Gasteiger partial charge in [-0.05, 0) is 19.1 Å². The van der Waals surface area contributed by atoms with Crippen LogP contribution in [0.25, 0.3) is 0 Å². The fraction of sp³-hybridized carbons (Fsp3) is 0.400. The fourth-order valence-electron chi connectivity index (χ4n) is 1.36. The molecule has 0 fully saturated rings. The van der Waals surface area contributed by atoms with Crippen molar-refractivity contribution in [2.75, 3.05) is 6.61 Å². The maximum Gasteiger partial charge on any atom is 0.305 e. The summed E-state index contributed by atoms with van der Waals surface area (Å²) in [4.78, 5) is 14.6. The third-order valence-electron chi connectivity index (χ3n) is 2.11. The van der Waals surface area contributed by atoms with E-state index < -0.39 is 25.5 Å². The maximum atomic E-state index is 12.6. The second kappa shape index (κ2) is 5.91. The molecule has 0 saturated carbocycles. The molecule has 94 valence electrons. The van der Waals surface area contributed by atoms with Gasteiger partial charge in [-0.3, -0.25) is 14.3 Å². The van der Waals surface area contributed by atoms with Gasteiger partial charge in [0.05, 0.1) is 18.8 Å². The third kappa shape index (κ3) is 3.36. The van der Waals surface area contributed by atoms with Crippen LogP contribution in [0.3, 0.4) is 0 Å². The minimum Gasteiger partial charge on any atom is -0.481 e. The van der Waals surface area contributed by atoms with Gasteiger partial charge in [0.2, 0.25) is 0 Å². The molecule has 2 atom stereocenters. The van der Waals surface area contributed by atoms with Crippen molar-refractivity contribution >= 4 is 18.8 Å². The highest BCUT2D eigenvalue weighted by Gasteiger charge is 2.36. The van der Waals surface area contributed by atoms with Gasteiger partial charge in [-0.25, -0.2) is 0 Å². The van der Waals surface area contributed by atoms with Crippen molar-refractivity contribution in [3.8, 4) is 0 Å². The van der Waals surface area contributed by atoms with Crippen LogP contribution in [0.4, 0.5) is 0 Å². The molecule has 0 aliphatic heterocycles. The van der Waals surface area contributed by atoms with Crippen molar-refractivity contribution in [1.29, 1.82) is 0 Å². The van der Waals surface area contributed by atoms with Crippen LogP contribution in [0.5, 0.6) is 0 Å². The zero-order chi connectivity index (χ0) is 12.9. The van der Waals surface area contributed by atoms with E-state index in [1.54, 1.807) is 19.1 Å². The molecule has 1 aromatic rings. The Morgan fingerprint density at radius 1 is 1.65 bits per heavy atom. The lowest BCUT2D eigenvalue weighted by molar-refractivity contribution is -0.137. The van der Waals surface area contributed by atoms with E-state index in [4.69, 9.17) is 15.4 Å². The first-order chi connectivity index (χ1) is 8.00. The van der Waals surface area contributed by atoms with Crippen LogP contribution in [-0.2, 0) is 13.9 Å². The Hall–Kier alpha value is -1.23. The number of hydrogen-bond acceptors (Lipinski definition) is 5. The number of hydrogen-bond donors (Lipinski definition) is 2. The molecule has 6 nitrogen and oxygen atoms in total. The van der Waals surface area contributed by atoms with E-state index in [0.717, 1.165) is 0 Å². The minimum absolute atomic E-state index is 0.182. The molecule has 3 N–H and O–H groups in total. The molecule has 0 aliphatic rings. The maximum absolute atomic E-state index is 12.6. The van der Waals surface area contributed by atoms with Crippen LogP contribution in [0, 0.1) is 0 Å². The summed E-state index contributed by atoms with van der Waals surface area (Å²) in [6.45, 7) is 1.85. The molecule has 17 heavy (non-hydrogen) atoms. The van der Waals surface area contributed by atoms with Gasteiger partial charge in [-0.2, -0.15) is 0 Å². The first-order valence-corrected chi connectivity index (χ1v) is 6.83. The normalized spacial score (nSPS) is 16.1. The topological polar surface area (TPSA) is 103 Å². The number of aromatic nitrogens is 1. The fourth-order valence-corrected chi connectivity index (χ4v) is 3.33. The van der Waals surface area contributed by atoms with Crippen LogP contribution in [-0.4, -0.2) is 28.4 Å². The summed E-state index contributed by atoms with van der Waals surface area (Å²) in [6.07, 6.45) is 1.04. The van der Waals surface area contributed by atoms with Gasteiger partial charge in [0.25, 0.3) is 7.37 Å². The predicted octanol–water partition coefficient (Wildman–Crippen LogP) is 0.781. The van der Waals surface area contributed by atoms with Crippen molar-refractivity contribution in [2.45, 2.75) is 19.1 Å². The van der Waals surface area contributed by atoms with Gasteiger partial charge in [0.15, 0.2) is 0 Å². The highest BCUT2D eigenvalue weighted by Crippen LogP contribution is 2.49. The summed E-state index contributed by atoms with van der Waals surface area (Å²) < 4.78 is 17.8. The van der Waals surface area contributed by atoms with Crippen molar-refractivity contribution < 1.29 is 19.0 Å². The summed E-state index contributed by atoms with van der Waals surface area (Å²) in [7, 11) is -3.43. The molecule has 0 aromatic carbocycles. The molecule has 1 heterocycles. The molecule has 0 radical (unpaired) electrons. The number of carbonyl (C=O) groups is 1. The molecule has 0 amide bonds. The summed E-state index contributed by atoms with van der Waals surface area (Å²) in [5.74, 6) is -2.21. The lowest BCUT2D eigenvalue weighted by Gasteiger charge is -2.22. The molecule has 1 aromatic heterocycles. The average Bonchev–Trinajstić information content (AvgIpc) is 2.29. The molecule has 7 heteroatoms. The van der Waals surface area contributed by atoms with Crippen LogP contribution in [0.2, 0.25) is 0 Å². The Balaban J connectivity index is 3.05. The van der Waals surface area contributed by atoms with E-state index in [-0.39, 0.29) is 12.0 Å². The number of nitrogens with two attached hydrogens (primary N) is 1. The quantitative estimate of drug-likeness (QED) is 0.731. The monoisotopic (exact) mass is 258 g/mol. The Morgan fingerprint density at radius 2 is 2.35 bits per heavy atom. The first kappa shape index (κ1) is 13.8. The Kier molecular flexibility index (Phi) is 4.81. The van der Waals surface area contributed by atoms with E-state index in [2.05, 4.69) is 4.98 Å². The zero-order valence-corrected chi connectivity index (χ0v) is 10.3. The van der Waals surface area contributed by atoms with Crippen LogP contribution >= 0.6 is 7.37 Å². The summed E-state index contributed by atoms with van der Waals surface area (Å²) in [6, 6.07) is 4.85. The summed E-state index contributed by atoms with van der Waals surface area (Å²) in [5.41, 5.74) is 5.87. The number of aliphatic carboxylic acids is 1. The van der Waals surface area contributed by atoms with Gasteiger partial charge in [0, 0.05) is 6.20 Å². The largest absolute Gasteiger partial charge is 0.481 e. The van der Waals surface area contributed by atoms with Crippen molar-refractivity contribution in [2.24, 2.45) is 5.73 Å². The van der Waals surface area contributed by atoms with Gasteiger partial charge in [0.1, 0.15) is 5.44 Å². The van der Waals surface area contributed by atoms with E-state index in [1.165, 1.54) is 12.3 Å². The van der Waals surface area contributed by atoms with Gasteiger partial charge in [-0.15, -0.1) is 0 Å². The number of nitrogens with zero attached hydrogens (tertiary/aromatic N) is 1. The predicted molar refractivity (Wildman–Crippen MR) is 63.3 cm³/mol. The molecule has 0 saturated heterocycles. The number of rotatable bonds is 6. The molecular formula is C10H15N2O4P. The Labute approximate surface area is 99.3 Å². The summed E-state index contributed by atoms with van der Waals surface area (Å²) in [5, 5.41) is 8.69. The second-order valence-electron chi connectivity index (χ2n) is 3.37. The molecule has 2 unspecified atom stereocenters. The zero-order valence-electron chi connectivity index (χ0n) is 9.44. The Morgan fingerprint density at radius 3 is 2.82 bits per heavy atom. The van der Waals surface area contributed by atoms with E-state index in [1.807, 2.05) is 0 Å². The molecule has 0 bridgehead atoms. The van der Waals surface area contributed by atoms with Crippen LogP contribution in [0.1, 0.15) is 13.3 Å². The van der Waals surface area contributed by atoms with Gasteiger partial charge < -0.3 is 15.4 Å². The van der Waals surface area contributed by atoms with E-state index in [0.29, 0.717) is 0 Å². The van der Waals surface area contributed by atoms with Crippen molar-refractivity contribution in [1.82, 2.24) is 4.98 Å². The minimum atomic E-state index is -3.43. The average molecular weight is 258 g/mol. The van der Waals surface area contributed by atoms with Crippen LogP contribution < -0.4 is 11.2 Å². The number of pyridine rings is 1. The molecule has 0 aliphatic carbocycles. The van der Waals surface area contributed by atoms with E-state index in [9.17, 15) is 9.36 Å². The Bertz CT molecular complexity index is 424. The first-order valence-electron chi connectivity index (χ1n) is 5.14. The van der Waals surface area contributed by atoms with Crippen LogP contribution in [0.15, 0.2) is 24.4 Å². The number of carboxylic acids is 1. The molecule has 1 rings (SSSR count). The molecular weight excluding hydrogens is 243 g/mol. The lowest BCUT2D eigenvalue weighted by Crippen LogP contribution is -2.31. The SMILES string of the molecule is CCOP(=O)(c1ccccn1)C(N)CC(=O)O. The number of carboxylic acid groups (broad SMARTS) is 1. The highest BCUT2D eigenvalue weighted by atomic mass is 31.2.